The lowest BCUT2D eigenvalue weighted by atomic mass is 9.96. The second kappa shape index (κ2) is 5.60. The highest BCUT2D eigenvalue weighted by Crippen LogP contribution is 2.27. The lowest BCUT2D eigenvalue weighted by molar-refractivity contribution is -0.138. The molecular formula is C16H18N2O3. The maximum atomic E-state index is 11.5. The summed E-state index contributed by atoms with van der Waals surface area (Å²) in [4.78, 5) is 22.7. The van der Waals surface area contributed by atoms with Gasteiger partial charge >= 0.3 is 5.97 Å². The summed E-state index contributed by atoms with van der Waals surface area (Å²) in [5.41, 5.74) is 3.92. The number of carbonyl (C=O) groups is 2. The summed E-state index contributed by atoms with van der Waals surface area (Å²) in [7, 11) is 0. The standard InChI is InChI=1S/C16H18N2O3/c19-13-3-2-12(8-13)18-9-14(16(20)21)10-1-4-15-11(7-10)5-6-17-15/h1,4,7-8,14,17-18H,2-3,5-6,9H2,(H,20,21)/t14-/m0/s1. The summed E-state index contributed by atoms with van der Waals surface area (Å²) < 4.78 is 0. The van der Waals surface area contributed by atoms with Gasteiger partial charge in [-0.3, -0.25) is 9.59 Å². The van der Waals surface area contributed by atoms with Crippen molar-refractivity contribution < 1.29 is 14.7 Å². The summed E-state index contributed by atoms with van der Waals surface area (Å²) in [5.74, 6) is -1.35. The van der Waals surface area contributed by atoms with E-state index in [9.17, 15) is 14.7 Å². The van der Waals surface area contributed by atoms with E-state index in [1.165, 1.54) is 5.56 Å². The molecule has 3 rings (SSSR count). The number of aliphatic carboxylic acids is 1. The van der Waals surface area contributed by atoms with Crippen molar-refractivity contribution in [3.63, 3.8) is 0 Å². The molecule has 3 N–H and O–H groups in total. The Morgan fingerprint density at radius 1 is 1.33 bits per heavy atom. The van der Waals surface area contributed by atoms with Crippen LogP contribution in [0.25, 0.3) is 0 Å². The molecule has 2 aliphatic rings. The van der Waals surface area contributed by atoms with E-state index in [1.54, 1.807) is 6.08 Å². The Morgan fingerprint density at radius 3 is 2.90 bits per heavy atom. The second-order valence-electron chi connectivity index (χ2n) is 5.50. The van der Waals surface area contributed by atoms with Gasteiger partial charge in [0.05, 0.1) is 5.92 Å². The van der Waals surface area contributed by atoms with Gasteiger partial charge in [0.25, 0.3) is 0 Å². The van der Waals surface area contributed by atoms with Gasteiger partial charge in [0.15, 0.2) is 5.78 Å². The average molecular weight is 286 g/mol. The average Bonchev–Trinajstić information content (AvgIpc) is 3.07. The fourth-order valence-electron chi connectivity index (χ4n) is 2.86. The first-order chi connectivity index (χ1) is 10.1. The third-order valence-electron chi connectivity index (χ3n) is 4.05. The van der Waals surface area contributed by atoms with Gasteiger partial charge in [-0.05, 0) is 30.0 Å². The number of benzene rings is 1. The van der Waals surface area contributed by atoms with E-state index in [4.69, 9.17) is 0 Å². The molecule has 1 aromatic carbocycles. The topological polar surface area (TPSA) is 78.4 Å². The van der Waals surface area contributed by atoms with Crippen LogP contribution in [0.4, 0.5) is 5.69 Å². The molecule has 0 saturated carbocycles. The maximum Gasteiger partial charge on any atom is 0.312 e. The number of nitrogens with one attached hydrogen (secondary N) is 2. The van der Waals surface area contributed by atoms with E-state index < -0.39 is 11.9 Å². The van der Waals surface area contributed by atoms with Crippen molar-refractivity contribution in [3.8, 4) is 0 Å². The molecule has 1 heterocycles. The Labute approximate surface area is 123 Å². The first-order valence-corrected chi connectivity index (χ1v) is 7.20. The normalized spacial score (nSPS) is 17.9. The molecule has 0 spiro atoms. The molecule has 0 unspecified atom stereocenters. The van der Waals surface area contributed by atoms with Gasteiger partial charge in [0, 0.05) is 37.0 Å². The maximum absolute atomic E-state index is 11.5. The number of rotatable bonds is 5. The number of carbonyl (C=O) groups excluding carboxylic acids is 1. The zero-order valence-electron chi connectivity index (χ0n) is 11.7. The van der Waals surface area contributed by atoms with Crippen LogP contribution in [-0.4, -0.2) is 29.9 Å². The van der Waals surface area contributed by atoms with E-state index in [-0.39, 0.29) is 5.78 Å². The molecule has 1 aromatic rings. The summed E-state index contributed by atoms with van der Waals surface area (Å²) in [5, 5.41) is 15.8. The fourth-order valence-corrected chi connectivity index (χ4v) is 2.86. The smallest absolute Gasteiger partial charge is 0.312 e. The number of fused-ring (bicyclic) bond motifs is 1. The van der Waals surface area contributed by atoms with E-state index >= 15 is 0 Å². The van der Waals surface area contributed by atoms with Gasteiger partial charge in [0.2, 0.25) is 0 Å². The molecule has 0 bridgehead atoms. The van der Waals surface area contributed by atoms with Gasteiger partial charge in [-0.15, -0.1) is 0 Å². The van der Waals surface area contributed by atoms with Crippen LogP contribution >= 0.6 is 0 Å². The molecule has 21 heavy (non-hydrogen) atoms. The van der Waals surface area contributed by atoms with E-state index in [1.807, 2.05) is 18.2 Å². The van der Waals surface area contributed by atoms with E-state index in [2.05, 4.69) is 10.6 Å². The minimum Gasteiger partial charge on any atom is -0.481 e. The number of ketones is 1. The Bertz CT molecular complexity index is 622. The van der Waals surface area contributed by atoms with Gasteiger partial charge in [-0.1, -0.05) is 12.1 Å². The predicted octanol–water partition coefficient (Wildman–Crippen LogP) is 1.66. The third-order valence-corrected chi connectivity index (χ3v) is 4.05. The highest BCUT2D eigenvalue weighted by atomic mass is 16.4. The van der Waals surface area contributed by atoms with Crippen molar-refractivity contribution in [2.24, 2.45) is 0 Å². The van der Waals surface area contributed by atoms with Gasteiger partial charge < -0.3 is 15.7 Å². The molecule has 0 fully saturated rings. The Morgan fingerprint density at radius 2 is 2.19 bits per heavy atom. The zero-order chi connectivity index (χ0) is 14.8. The van der Waals surface area contributed by atoms with Crippen molar-refractivity contribution in [1.82, 2.24) is 5.32 Å². The van der Waals surface area contributed by atoms with Crippen molar-refractivity contribution in [2.75, 3.05) is 18.4 Å². The molecule has 1 atom stereocenters. The minimum absolute atomic E-state index is 0.105. The second-order valence-corrected chi connectivity index (χ2v) is 5.50. The van der Waals surface area contributed by atoms with E-state index in [0.717, 1.165) is 29.9 Å². The molecule has 110 valence electrons. The van der Waals surface area contributed by atoms with Crippen LogP contribution in [0.3, 0.4) is 0 Å². The highest BCUT2D eigenvalue weighted by molar-refractivity contribution is 5.92. The Kier molecular flexibility index (Phi) is 3.64. The molecule has 1 aliphatic carbocycles. The van der Waals surface area contributed by atoms with Crippen molar-refractivity contribution in [2.45, 2.75) is 25.2 Å². The lowest BCUT2D eigenvalue weighted by Crippen LogP contribution is -2.26. The molecule has 5 nitrogen and oxygen atoms in total. The van der Waals surface area contributed by atoms with Crippen LogP contribution in [-0.2, 0) is 16.0 Å². The molecule has 5 heteroatoms. The number of hydrogen-bond donors (Lipinski definition) is 3. The minimum atomic E-state index is -0.849. The lowest BCUT2D eigenvalue weighted by Gasteiger charge is -2.16. The van der Waals surface area contributed by atoms with Crippen LogP contribution in [0, 0.1) is 0 Å². The Balaban J connectivity index is 1.74. The van der Waals surface area contributed by atoms with Gasteiger partial charge in [-0.25, -0.2) is 0 Å². The summed E-state index contributed by atoms with van der Waals surface area (Å²) in [6.45, 7) is 1.21. The first kappa shape index (κ1) is 13.7. The summed E-state index contributed by atoms with van der Waals surface area (Å²) in [6, 6.07) is 5.79. The van der Waals surface area contributed by atoms with Crippen molar-refractivity contribution in [3.05, 3.63) is 41.1 Å². The van der Waals surface area contributed by atoms with E-state index in [0.29, 0.717) is 19.4 Å². The van der Waals surface area contributed by atoms with Crippen LogP contribution in [0.15, 0.2) is 30.0 Å². The quantitative estimate of drug-likeness (QED) is 0.767. The first-order valence-electron chi connectivity index (χ1n) is 7.20. The monoisotopic (exact) mass is 286 g/mol. The van der Waals surface area contributed by atoms with Crippen molar-refractivity contribution in [1.29, 1.82) is 0 Å². The number of allylic oxidation sites excluding steroid dienone is 2. The SMILES string of the molecule is O=C1C=C(NC[C@H](C(=O)O)c2ccc3c(c2)CCN3)CC1. The van der Waals surface area contributed by atoms with Crippen LogP contribution < -0.4 is 10.6 Å². The highest BCUT2D eigenvalue weighted by Gasteiger charge is 2.23. The molecular weight excluding hydrogens is 268 g/mol. The number of carboxylic acids is 1. The van der Waals surface area contributed by atoms with Gasteiger partial charge in [0.1, 0.15) is 0 Å². The number of anilines is 1. The summed E-state index contributed by atoms with van der Waals surface area (Å²) in [6.07, 6.45) is 3.71. The van der Waals surface area contributed by atoms with Gasteiger partial charge in [-0.2, -0.15) is 0 Å². The van der Waals surface area contributed by atoms with Crippen LogP contribution in [0.5, 0.6) is 0 Å². The third kappa shape index (κ3) is 2.91. The summed E-state index contributed by atoms with van der Waals surface area (Å²) >= 11 is 0. The Hall–Kier alpha value is -2.30. The molecule has 0 radical (unpaired) electrons. The molecule has 0 aromatic heterocycles. The molecule has 0 amide bonds. The van der Waals surface area contributed by atoms with Crippen LogP contribution in [0.1, 0.15) is 29.9 Å². The number of hydrogen-bond acceptors (Lipinski definition) is 4. The molecule has 0 saturated heterocycles. The van der Waals surface area contributed by atoms with Crippen LogP contribution in [0.2, 0.25) is 0 Å². The predicted molar refractivity (Wildman–Crippen MR) is 79.3 cm³/mol. The largest absolute Gasteiger partial charge is 0.481 e. The molecule has 1 aliphatic heterocycles. The number of carboxylic acid groups (broad SMARTS) is 1. The zero-order valence-corrected chi connectivity index (χ0v) is 11.7. The van der Waals surface area contributed by atoms with Crippen molar-refractivity contribution >= 4 is 17.4 Å². The fraction of sp³-hybridized carbons (Fsp3) is 0.375.